The van der Waals surface area contributed by atoms with Crippen molar-refractivity contribution in [3.05, 3.63) is 60.9 Å². The number of nitrogens with zero attached hydrogens (tertiary/aromatic N) is 2. The highest BCUT2D eigenvalue weighted by molar-refractivity contribution is 7.92. The van der Waals surface area contributed by atoms with Crippen molar-refractivity contribution in [1.82, 2.24) is 5.32 Å². The van der Waals surface area contributed by atoms with Crippen molar-refractivity contribution in [1.29, 1.82) is 0 Å². The van der Waals surface area contributed by atoms with Crippen LogP contribution in [-0.4, -0.2) is 34.6 Å². The highest BCUT2D eigenvalue weighted by Crippen LogP contribution is 2.31. The van der Waals surface area contributed by atoms with Gasteiger partial charge in [-0.25, -0.2) is 10.3 Å². The molecule has 2 heterocycles. The molecule has 3 N–H and O–H groups in total. The third-order valence-corrected chi connectivity index (χ3v) is 6.72. The van der Waals surface area contributed by atoms with Gasteiger partial charge in [-0.3, -0.25) is 0 Å². The third kappa shape index (κ3) is 3.74. The summed E-state index contributed by atoms with van der Waals surface area (Å²) >= 11 is 0. The van der Waals surface area contributed by atoms with Crippen LogP contribution < -0.4 is 20.5 Å². The molecule has 1 fully saturated rings. The Morgan fingerprint density at radius 1 is 1.14 bits per heavy atom. The highest BCUT2D eigenvalue weighted by Gasteiger charge is 2.25. The minimum atomic E-state index is -3.96. The van der Waals surface area contributed by atoms with Crippen molar-refractivity contribution in [3.63, 3.8) is 0 Å². The number of fused-ring (bicyclic) bond motifs is 1. The number of nitrogens with two attached hydrogens (primary N) is 1. The van der Waals surface area contributed by atoms with Crippen LogP contribution in [0.1, 0.15) is 12.0 Å². The Labute approximate surface area is 170 Å². The van der Waals surface area contributed by atoms with E-state index in [-0.39, 0.29) is 4.90 Å². The molecular formula is C21H24N4O3S. The lowest BCUT2D eigenvalue weighted by atomic mass is 10.1. The summed E-state index contributed by atoms with van der Waals surface area (Å²) in [6.45, 7) is 7.41. The molecule has 0 bridgehead atoms. The van der Waals surface area contributed by atoms with Crippen LogP contribution >= 0.6 is 0 Å². The fourth-order valence-electron chi connectivity index (χ4n) is 3.54. The number of hydrogen-bond acceptors (Lipinski definition) is 6. The number of furan rings is 1. The molecule has 0 spiro atoms. The fourth-order valence-corrected chi connectivity index (χ4v) is 4.70. The Balaban J connectivity index is 1.73. The van der Waals surface area contributed by atoms with Crippen LogP contribution in [0.4, 0.5) is 11.4 Å². The Hall–Kier alpha value is -2.81. The summed E-state index contributed by atoms with van der Waals surface area (Å²) in [6.07, 6.45) is 4.16. The number of rotatable bonds is 5. The average molecular weight is 413 g/mol. The van der Waals surface area contributed by atoms with Crippen LogP contribution in [0, 0.1) is 0 Å². The van der Waals surface area contributed by atoms with Crippen LogP contribution in [0.3, 0.4) is 0 Å². The average Bonchev–Trinajstić information content (AvgIpc) is 3.04. The zero-order valence-corrected chi connectivity index (χ0v) is 16.9. The molecule has 4 rings (SSSR count). The highest BCUT2D eigenvalue weighted by atomic mass is 32.2. The molecular weight excluding hydrogens is 388 g/mol. The first-order valence-electron chi connectivity index (χ1n) is 9.50. The van der Waals surface area contributed by atoms with Crippen molar-refractivity contribution in [3.8, 4) is 0 Å². The summed E-state index contributed by atoms with van der Waals surface area (Å²) in [5, 5.41) is 4.07. The predicted molar refractivity (Wildman–Crippen MR) is 116 cm³/mol. The number of anilines is 2. The smallest absolute Gasteiger partial charge is 0.277 e. The van der Waals surface area contributed by atoms with Gasteiger partial charge in [0.05, 0.1) is 16.8 Å². The molecule has 152 valence electrons. The maximum atomic E-state index is 13.2. The summed E-state index contributed by atoms with van der Waals surface area (Å²) < 4.78 is 32.6. The first kappa shape index (κ1) is 19.5. The fraction of sp³-hybridized carbons (Fsp3) is 0.238. The van der Waals surface area contributed by atoms with Gasteiger partial charge in [0.15, 0.2) is 0 Å². The Morgan fingerprint density at radius 2 is 2.00 bits per heavy atom. The van der Waals surface area contributed by atoms with Gasteiger partial charge in [-0.1, -0.05) is 18.7 Å². The van der Waals surface area contributed by atoms with Crippen LogP contribution in [0.15, 0.2) is 64.6 Å². The van der Waals surface area contributed by atoms with Gasteiger partial charge in [0.1, 0.15) is 5.58 Å². The van der Waals surface area contributed by atoms with E-state index >= 15 is 0 Å². The van der Waals surface area contributed by atoms with Gasteiger partial charge >= 0.3 is 0 Å². The largest absolute Gasteiger partial charge is 0.464 e. The van der Waals surface area contributed by atoms with E-state index < -0.39 is 10.0 Å². The van der Waals surface area contributed by atoms with Gasteiger partial charge in [0.2, 0.25) is 0 Å². The molecule has 8 heteroatoms. The van der Waals surface area contributed by atoms with E-state index in [4.69, 9.17) is 10.3 Å². The lowest BCUT2D eigenvalue weighted by molar-refractivity contribution is 0.592. The van der Waals surface area contributed by atoms with Crippen molar-refractivity contribution >= 4 is 38.4 Å². The molecule has 3 aromatic rings. The molecule has 0 amide bonds. The van der Waals surface area contributed by atoms with E-state index in [0.29, 0.717) is 22.2 Å². The minimum absolute atomic E-state index is 0.105. The molecule has 1 aliphatic heterocycles. The minimum Gasteiger partial charge on any atom is -0.464 e. The molecule has 0 unspecified atom stereocenters. The van der Waals surface area contributed by atoms with E-state index in [1.165, 1.54) is 12.3 Å². The molecule has 7 nitrogen and oxygen atoms in total. The number of hydrogen-bond donors (Lipinski definition) is 2. The standard InChI is InChI=1S/C21H24N4O3S/c1-2-16-4-5-18(24-11-3-9-23-10-12-24)15-20(16)25(22)29(26,27)19-6-7-21-17(14-19)8-13-28-21/h2,4-8,13-15,23H,1,3,9-12,22H2. The van der Waals surface area contributed by atoms with Crippen LogP contribution in [0.2, 0.25) is 0 Å². The summed E-state index contributed by atoms with van der Waals surface area (Å²) in [7, 11) is -3.96. The van der Waals surface area contributed by atoms with Crippen molar-refractivity contribution in [2.75, 3.05) is 35.5 Å². The maximum absolute atomic E-state index is 13.2. The van der Waals surface area contributed by atoms with Crippen LogP contribution in [0.25, 0.3) is 17.0 Å². The first-order valence-corrected chi connectivity index (χ1v) is 10.9. The summed E-state index contributed by atoms with van der Waals surface area (Å²) in [4.78, 5) is 2.34. The Bertz CT molecular complexity index is 1130. The second-order valence-electron chi connectivity index (χ2n) is 6.96. The number of benzene rings is 2. The van der Waals surface area contributed by atoms with E-state index in [1.54, 1.807) is 24.3 Å². The summed E-state index contributed by atoms with van der Waals surface area (Å²) in [6, 6.07) is 12.1. The van der Waals surface area contributed by atoms with Crippen LogP contribution in [-0.2, 0) is 10.0 Å². The lowest BCUT2D eigenvalue weighted by Crippen LogP contribution is -2.38. The SMILES string of the molecule is C=Cc1ccc(N2CCCNCC2)cc1N(N)S(=O)(=O)c1ccc2occc2c1. The van der Waals surface area contributed by atoms with Crippen molar-refractivity contribution in [2.45, 2.75) is 11.3 Å². The molecule has 1 aliphatic rings. The van der Waals surface area contributed by atoms with Gasteiger partial charge in [0, 0.05) is 36.3 Å². The first-order chi connectivity index (χ1) is 14.0. The number of nitrogens with one attached hydrogen (secondary N) is 1. The summed E-state index contributed by atoms with van der Waals surface area (Å²) in [5.41, 5.74) is 2.60. The molecule has 1 saturated heterocycles. The van der Waals surface area contributed by atoms with Crippen molar-refractivity contribution < 1.29 is 12.8 Å². The quantitative estimate of drug-likeness (QED) is 0.495. The zero-order valence-electron chi connectivity index (χ0n) is 16.0. The van der Waals surface area contributed by atoms with Gasteiger partial charge in [-0.2, -0.15) is 8.42 Å². The predicted octanol–water partition coefficient (Wildman–Crippen LogP) is 2.94. The third-order valence-electron chi connectivity index (χ3n) is 5.16. The number of sulfonamides is 1. The Morgan fingerprint density at radius 3 is 2.83 bits per heavy atom. The molecule has 29 heavy (non-hydrogen) atoms. The van der Waals surface area contributed by atoms with Gasteiger partial charge < -0.3 is 14.6 Å². The maximum Gasteiger partial charge on any atom is 0.277 e. The molecule has 1 aromatic heterocycles. The summed E-state index contributed by atoms with van der Waals surface area (Å²) in [5.74, 6) is 6.17. The molecule has 2 aromatic carbocycles. The zero-order chi connectivity index (χ0) is 20.4. The second kappa shape index (κ2) is 7.90. The van der Waals surface area contributed by atoms with Gasteiger partial charge in [0.25, 0.3) is 10.0 Å². The molecule has 0 aliphatic carbocycles. The topological polar surface area (TPSA) is 91.8 Å². The molecule has 0 atom stereocenters. The van der Waals surface area contributed by atoms with Crippen LogP contribution in [0.5, 0.6) is 0 Å². The molecule has 0 saturated carbocycles. The van der Waals surface area contributed by atoms with E-state index in [9.17, 15) is 8.42 Å². The normalized spacial score (nSPS) is 15.3. The van der Waals surface area contributed by atoms with Gasteiger partial charge in [-0.05, 0) is 49.4 Å². The van der Waals surface area contributed by atoms with Gasteiger partial charge in [-0.15, -0.1) is 0 Å². The Kier molecular flexibility index (Phi) is 5.31. The monoisotopic (exact) mass is 412 g/mol. The number of hydrazine groups is 1. The van der Waals surface area contributed by atoms with Crippen molar-refractivity contribution in [2.24, 2.45) is 5.84 Å². The van der Waals surface area contributed by atoms with E-state index in [2.05, 4.69) is 16.8 Å². The van der Waals surface area contributed by atoms with E-state index in [0.717, 1.165) is 42.7 Å². The second-order valence-corrected chi connectivity index (χ2v) is 8.77. The lowest BCUT2D eigenvalue weighted by Gasteiger charge is -2.26. The van der Waals surface area contributed by atoms with E-state index in [1.807, 2.05) is 18.2 Å². The molecule has 0 radical (unpaired) electrons.